The zero-order valence-corrected chi connectivity index (χ0v) is 19.3. The van der Waals surface area contributed by atoms with Crippen molar-refractivity contribution in [2.45, 2.75) is 38.1 Å². The SMILES string of the molecule is C=Cc1c(F)cc(F)c(F)c1OCC(=O)[C@H](CC(=O)OC)NC(=O)C1CCN(C(=O)C2CC2)CC1. The Labute approximate surface area is 200 Å². The van der Waals surface area contributed by atoms with Crippen molar-refractivity contribution in [3.63, 3.8) is 0 Å². The van der Waals surface area contributed by atoms with E-state index in [9.17, 15) is 32.3 Å². The van der Waals surface area contributed by atoms with E-state index in [0.29, 0.717) is 32.0 Å². The molecule has 35 heavy (non-hydrogen) atoms. The molecule has 11 heteroatoms. The molecule has 1 atom stereocenters. The van der Waals surface area contributed by atoms with Crippen LogP contribution in [0.1, 0.15) is 37.7 Å². The number of hydrogen-bond acceptors (Lipinski definition) is 6. The monoisotopic (exact) mass is 496 g/mol. The summed E-state index contributed by atoms with van der Waals surface area (Å²) in [5.74, 6) is -7.40. The molecule has 0 aromatic heterocycles. The normalized spacial score (nSPS) is 16.9. The molecule has 2 aliphatic rings. The second kappa shape index (κ2) is 11.4. The van der Waals surface area contributed by atoms with Gasteiger partial charge in [-0.25, -0.2) is 8.78 Å². The molecule has 190 valence electrons. The highest BCUT2D eigenvalue weighted by atomic mass is 19.2. The number of nitrogens with one attached hydrogen (secondary N) is 1. The number of amides is 2. The number of piperidine rings is 1. The van der Waals surface area contributed by atoms with Gasteiger partial charge in [-0.1, -0.05) is 12.7 Å². The predicted molar refractivity (Wildman–Crippen MR) is 118 cm³/mol. The van der Waals surface area contributed by atoms with E-state index in [0.717, 1.165) is 26.0 Å². The first-order valence-corrected chi connectivity index (χ1v) is 11.3. The quantitative estimate of drug-likeness (QED) is 0.394. The van der Waals surface area contributed by atoms with Gasteiger partial charge in [-0.05, 0) is 25.7 Å². The van der Waals surface area contributed by atoms with E-state index >= 15 is 0 Å². The van der Waals surface area contributed by atoms with Crippen LogP contribution in [0.2, 0.25) is 0 Å². The number of halogens is 3. The molecular weight excluding hydrogens is 469 g/mol. The largest absolute Gasteiger partial charge is 0.482 e. The summed E-state index contributed by atoms with van der Waals surface area (Å²) in [5.41, 5.74) is -0.474. The van der Waals surface area contributed by atoms with Crippen molar-refractivity contribution in [1.29, 1.82) is 0 Å². The maximum atomic E-state index is 14.1. The second-order valence-corrected chi connectivity index (χ2v) is 8.57. The molecule has 1 heterocycles. The molecule has 8 nitrogen and oxygen atoms in total. The average molecular weight is 496 g/mol. The minimum Gasteiger partial charge on any atom is -0.482 e. The molecule has 0 bridgehead atoms. The summed E-state index contributed by atoms with van der Waals surface area (Å²) < 4.78 is 51.3. The smallest absolute Gasteiger partial charge is 0.308 e. The van der Waals surface area contributed by atoms with Crippen LogP contribution in [0.15, 0.2) is 12.6 Å². The lowest BCUT2D eigenvalue weighted by Crippen LogP contribution is -2.49. The average Bonchev–Trinajstić information content (AvgIpc) is 3.69. The van der Waals surface area contributed by atoms with Gasteiger partial charge < -0.3 is 19.7 Å². The molecule has 1 saturated carbocycles. The van der Waals surface area contributed by atoms with Crippen molar-refractivity contribution < 1.29 is 41.8 Å². The number of Topliss-reactive ketones (excluding diaryl/α,β-unsaturated/α-hetero) is 1. The van der Waals surface area contributed by atoms with Crippen LogP contribution < -0.4 is 10.1 Å². The highest BCUT2D eigenvalue weighted by molar-refractivity contribution is 5.93. The van der Waals surface area contributed by atoms with Gasteiger partial charge in [0.2, 0.25) is 17.6 Å². The van der Waals surface area contributed by atoms with E-state index in [-0.39, 0.29) is 11.8 Å². The number of nitrogens with zero attached hydrogens (tertiary/aromatic N) is 1. The molecule has 1 aromatic rings. The molecule has 1 aliphatic heterocycles. The number of ketones is 1. The number of ether oxygens (including phenoxy) is 2. The van der Waals surface area contributed by atoms with Crippen LogP contribution in [-0.4, -0.2) is 61.3 Å². The van der Waals surface area contributed by atoms with Gasteiger partial charge in [0.25, 0.3) is 0 Å². The van der Waals surface area contributed by atoms with Crippen LogP contribution in [0.3, 0.4) is 0 Å². The van der Waals surface area contributed by atoms with Gasteiger partial charge in [0, 0.05) is 31.0 Å². The molecule has 3 rings (SSSR count). The zero-order valence-electron chi connectivity index (χ0n) is 19.3. The van der Waals surface area contributed by atoms with E-state index < -0.39 is 71.4 Å². The van der Waals surface area contributed by atoms with Crippen molar-refractivity contribution in [2.75, 3.05) is 26.8 Å². The van der Waals surface area contributed by atoms with E-state index in [2.05, 4.69) is 16.6 Å². The summed E-state index contributed by atoms with van der Waals surface area (Å²) in [4.78, 5) is 51.3. The third-order valence-corrected chi connectivity index (χ3v) is 6.13. The predicted octanol–water partition coefficient (Wildman–Crippen LogP) is 2.39. The summed E-state index contributed by atoms with van der Waals surface area (Å²) in [6, 6.07) is -1.04. The number of hydrogen-bond donors (Lipinski definition) is 1. The van der Waals surface area contributed by atoms with Crippen molar-refractivity contribution in [1.82, 2.24) is 10.2 Å². The van der Waals surface area contributed by atoms with Crippen LogP contribution in [0.5, 0.6) is 5.75 Å². The van der Waals surface area contributed by atoms with Gasteiger partial charge in [-0.15, -0.1) is 0 Å². The Balaban J connectivity index is 1.64. The van der Waals surface area contributed by atoms with Gasteiger partial charge in [-0.2, -0.15) is 4.39 Å². The van der Waals surface area contributed by atoms with Crippen LogP contribution in [0.25, 0.3) is 6.08 Å². The molecule has 1 aliphatic carbocycles. The van der Waals surface area contributed by atoms with Crippen molar-refractivity contribution >= 4 is 29.6 Å². The van der Waals surface area contributed by atoms with E-state index in [4.69, 9.17) is 4.74 Å². The number of benzene rings is 1. The van der Waals surface area contributed by atoms with Gasteiger partial charge >= 0.3 is 5.97 Å². The Morgan fingerprint density at radius 2 is 1.77 bits per heavy atom. The minimum atomic E-state index is -1.51. The van der Waals surface area contributed by atoms with Gasteiger partial charge in [0.1, 0.15) is 18.5 Å². The van der Waals surface area contributed by atoms with Gasteiger partial charge in [-0.3, -0.25) is 19.2 Å². The molecule has 1 N–H and O–H groups in total. The number of methoxy groups -OCH3 is 1. The summed E-state index contributed by atoms with van der Waals surface area (Å²) in [7, 11) is 1.11. The fourth-order valence-electron chi connectivity index (χ4n) is 3.90. The Kier molecular flexibility index (Phi) is 8.52. The fourth-order valence-corrected chi connectivity index (χ4v) is 3.90. The molecule has 0 unspecified atom stereocenters. The molecule has 0 spiro atoms. The molecule has 2 amide bonds. The third kappa shape index (κ3) is 6.40. The summed E-state index contributed by atoms with van der Waals surface area (Å²) in [6.45, 7) is 3.28. The maximum absolute atomic E-state index is 14.1. The van der Waals surface area contributed by atoms with E-state index in [1.54, 1.807) is 4.90 Å². The highest BCUT2D eigenvalue weighted by Gasteiger charge is 2.37. The molecule has 1 saturated heterocycles. The van der Waals surface area contributed by atoms with Crippen LogP contribution >= 0.6 is 0 Å². The lowest BCUT2D eigenvalue weighted by atomic mass is 9.94. The first-order chi connectivity index (χ1) is 16.7. The van der Waals surface area contributed by atoms with Crippen molar-refractivity contribution in [3.8, 4) is 5.75 Å². The lowest BCUT2D eigenvalue weighted by Gasteiger charge is -2.32. The van der Waals surface area contributed by atoms with Gasteiger partial charge in [0.15, 0.2) is 17.3 Å². The second-order valence-electron chi connectivity index (χ2n) is 8.57. The number of carbonyl (C=O) groups is 4. The summed E-state index contributed by atoms with van der Waals surface area (Å²) >= 11 is 0. The molecular formula is C24H27F3N2O6. The standard InChI is InChI=1S/C24H27F3N2O6/c1-3-15-16(25)10-17(26)21(27)22(15)35-12-19(30)18(11-20(31)34-2)28-23(32)13-6-8-29(9-7-13)24(33)14-4-5-14/h3,10,13-14,18H,1,4-9,11-12H2,2H3,(H,28,32)/t18-/m0/s1. The Bertz CT molecular complexity index is 1020. The van der Waals surface area contributed by atoms with Crippen LogP contribution in [-0.2, 0) is 23.9 Å². The number of esters is 1. The Hall–Kier alpha value is -3.37. The Morgan fingerprint density at radius 3 is 2.34 bits per heavy atom. The van der Waals surface area contributed by atoms with E-state index in [1.807, 2.05) is 0 Å². The fraction of sp³-hybridized carbons (Fsp3) is 0.500. The number of carbonyl (C=O) groups excluding carboxylic acids is 4. The maximum Gasteiger partial charge on any atom is 0.308 e. The first-order valence-electron chi connectivity index (χ1n) is 11.3. The first kappa shape index (κ1) is 26.2. The highest BCUT2D eigenvalue weighted by Crippen LogP contribution is 2.32. The van der Waals surface area contributed by atoms with Crippen LogP contribution in [0, 0.1) is 29.3 Å². The molecule has 1 aromatic carbocycles. The summed E-state index contributed by atoms with van der Waals surface area (Å²) in [6.07, 6.45) is 2.97. The van der Waals surface area contributed by atoms with E-state index in [1.165, 1.54) is 0 Å². The summed E-state index contributed by atoms with van der Waals surface area (Å²) in [5, 5.41) is 2.50. The van der Waals surface area contributed by atoms with Crippen molar-refractivity contribution in [2.24, 2.45) is 11.8 Å². The van der Waals surface area contributed by atoms with Crippen molar-refractivity contribution in [3.05, 3.63) is 35.7 Å². The molecule has 2 fully saturated rings. The third-order valence-electron chi connectivity index (χ3n) is 6.13. The zero-order chi connectivity index (χ0) is 25.7. The van der Waals surface area contributed by atoms with Gasteiger partial charge in [0.05, 0.1) is 19.1 Å². The minimum absolute atomic E-state index is 0.0837. The number of likely N-dealkylation sites (tertiary alicyclic amines) is 1. The molecule has 0 radical (unpaired) electrons. The number of rotatable bonds is 10. The van der Waals surface area contributed by atoms with Crippen LogP contribution in [0.4, 0.5) is 13.2 Å². The lowest BCUT2D eigenvalue weighted by molar-refractivity contribution is -0.144. The topological polar surface area (TPSA) is 102 Å². The Morgan fingerprint density at radius 1 is 1.11 bits per heavy atom.